The number of nitrogens with zero attached hydrogens (tertiary/aromatic N) is 2. The summed E-state index contributed by atoms with van der Waals surface area (Å²) in [5.41, 5.74) is 20.5. The standard InChI is InChI=1S/C21H20N4O/c1-11-6-7-18-15(5-4-8-24-18)19(11)16-9-14(10-17(22)21(16)23)20-12(2)25-26-13(20)3/h4-10H,22-23H2,1-3H3. The maximum Gasteiger partial charge on any atom is 0.141 e. The predicted octanol–water partition coefficient (Wildman–Crippen LogP) is 4.65. The third-order valence-corrected chi connectivity index (χ3v) is 4.80. The summed E-state index contributed by atoms with van der Waals surface area (Å²) < 4.78 is 5.33. The average Bonchev–Trinajstić information content (AvgIpc) is 2.96. The quantitative estimate of drug-likeness (QED) is 0.517. The summed E-state index contributed by atoms with van der Waals surface area (Å²) in [6.45, 7) is 5.89. The number of benzene rings is 2. The van der Waals surface area contributed by atoms with Crippen LogP contribution in [-0.2, 0) is 0 Å². The van der Waals surface area contributed by atoms with E-state index in [4.69, 9.17) is 16.0 Å². The van der Waals surface area contributed by atoms with Crippen molar-refractivity contribution >= 4 is 22.3 Å². The van der Waals surface area contributed by atoms with E-state index in [0.717, 1.165) is 50.2 Å². The summed E-state index contributed by atoms with van der Waals surface area (Å²) in [4.78, 5) is 4.46. The van der Waals surface area contributed by atoms with Gasteiger partial charge in [0.2, 0.25) is 0 Å². The van der Waals surface area contributed by atoms with Crippen LogP contribution in [-0.4, -0.2) is 10.1 Å². The normalized spacial score (nSPS) is 11.2. The van der Waals surface area contributed by atoms with Gasteiger partial charge in [-0.1, -0.05) is 17.3 Å². The third-order valence-electron chi connectivity index (χ3n) is 4.80. The lowest BCUT2D eigenvalue weighted by Gasteiger charge is -2.16. The number of nitrogens with two attached hydrogens (primary N) is 2. The van der Waals surface area contributed by atoms with E-state index < -0.39 is 0 Å². The molecule has 130 valence electrons. The second kappa shape index (κ2) is 5.88. The highest BCUT2D eigenvalue weighted by atomic mass is 16.5. The molecule has 4 N–H and O–H groups in total. The number of hydrogen-bond acceptors (Lipinski definition) is 5. The summed E-state index contributed by atoms with van der Waals surface area (Å²) in [7, 11) is 0. The molecule has 0 fully saturated rings. The van der Waals surface area contributed by atoms with Gasteiger partial charge in [-0.15, -0.1) is 0 Å². The largest absolute Gasteiger partial charge is 0.397 e. The summed E-state index contributed by atoms with van der Waals surface area (Å²) in [5, 5.41) is 5.11. The number of rotatable bonds is 2. The number of aromatic nitrogens is 2. The second-order valence-electron chi connectivity index (χ2n) is 6.55. The molecule has 5 heteroatoms. The first-order valence-corrected chi connectivity index (χ1v) is 8.44. The van der Waals surface area contributed by atoms with Gasteiger partial charge in [0.05, 0.1) is 22.6 Å². The lowest BCUT2D eigenvalue weighted by atomic mass is 9.91. The van der Waals surface area contributed by atoms with Gasteiger partial charge in [0.1, 0.15) is 5.76 Å². The van der Waals surface area contributed by atoms with E-state index in [-0.39, 0.29) is 0 Å². The van der Waals surface area contributed by atoms with Gasteiger partial charge in [-0.05, 0) is 61.7 Å². The van der Waals surface area contributed by atoms with Crippen molar-refractivity contribution in [1.82, 2.24) is 10.1 Å². The van der Waals surface area contributed by atoms with Crippen molar-refractivity contribution < 1.29 is 4.52 Å². The maximum atomic E-state index is 6.39. The molecule has 0 unspecified atom stereocenters. The Labute approximate surface area is 151 Å². The number of nitrogen functional groups attached to an aromatic ring is 2. The van der Waals surface area contributed by atoms with Gasteiger partial charge < -0.3 is 16.0 Å². The van der Waals surface area contributed by atoms with E-state index >= 15 is 0 Å². The molecule has 0 aliphatic heterocycles. The Morgan fingerprint density at radius 3 is 2.50 bits per heavy atom. The van der Waals surface area contributed by atoms with Crippen LogP contribution < -0.4 is 11.5 Å². The molecule has 0 saturated carbocycles. The first-order chi connectivity index (χ1) is 12.5. The number of pyridine rings is 1. The van der Waals surface area contributed by atoms with E-state index in [1.165, 1.54) is 0 Å². The molecule has 0 aliphatic carbocycles. The Balaban J connectivity index is 2.06. The molecule has 4 aromatic rings. The summed E-state index contributed by atoms with van der Waals surface area (Å²) in [6, 6.07) is 12.0. The number of aryl methyl sites for hydroxylation is 3. The van der Waals surface area contributed by atoms with E-state index in [1.54, 1.807) is 6.20 Å². The van der Waals surface area contributed by atoms with E-state index in [9.17, 15) is 0 Å². The molecule has 2 heterocycles. The van der Waals surface area contributed by atoms with Crippen molar-refractivity contribution in [3.8, 4) is 22.3 Å². The Kier molecular flexibility index (Phi) is 3.65. The van der Waals surface area contributed by atoms with Gasteiger partial charge in [0.25, 0.3) is 0 Å². The SMILES string of the molecule is Cc1ccc2ncccc2c1-c1cc(-c2c(C)noc2C)cc(N)c1N. The molecular weight excluding hydrogens is 324 g/mol. The van der Waals surface area contributed by atoms with Crippen LogP contribution in [0, 0.1) is 20.8 Å². The van der Waals surface area contributed by atoms with Crippen molar-refractivity contribution in [1.29, 1.82) is 0 Å². The summed E-state index contributed by atoms with van der Waals surface area (Å²) in [5.74, 6) is 0.758. The second-order valence-corrected chi connectivity index (χ2v) is 6.55. The fourth-order valence-corrected chi connectivity index (χ4v) is 3.54. The highest BCUT2D eigenvalue weighted by Crippen LogP contribution is 2.41. The molecule has 2 aromatic carbocycles. The Morgan fingerprint density at radius 2 is 1.77 bits per heavy atom. The minimum Gasteiger partial charge on any atom is -0.397 e. The molecule has 0 atom stereocenters. The minimum atomic E-state index is 0.540. The predicted molar refractivity (Wildman–Crippen MR) is 106 cm³/mol. The van der Waals surface area contributed by atoms with Crippen molar-refractivity contribution in [2.45, 2.75) is 20.8 Å². The lowest BCUT2D eigenvalue weighted by Crippen LogP contribution is -2.00. The highest BCUT2D eigenvalue weighted by molar-refractivity contribution is 6.02. The molecule has 5 nitrogen and oxygen atoms in total. The van der Waals surface area contributed by atoms with Crippen LogP contribution >= 0.6 is 0 Å². The average molecular weight is 344 g/mol. The van der Waals surface area contributed by atoms with Crippen LogP contribution in [0.3, 0.4) is 0 Å². The Bertz CT molecular complexity index is 1120. The van der Waals surface area contributed by atoms with E-state index in [0.29, 0.717) is 11.4 Å². The molecule has 0 amide bonds. The van der Waals surface area contributed by atoms with Crippen LogP contribution in [0.2, 0.25) is 0 Å². The fourth-order valence-electron chi connectivity index (χ4n) is 3.54. The summed E-state index contributed by atoms with van der Waals surface area (Å²) >= 11 is 0. The topological polar surface area (TPSA) is 91.0 Å². The summed E-state index contributed by atoms with van der Waals surface area (Å²) in [6.07, 6.45) is 1.79. The zero-order valence-corrected chi connectivity index (χ0v) is 15.0. The molecule has 0 spiro atoms. The van der Waals surface area contributed by atoms with Crippen molar-refractivity contribution in [2.75, 3.05) is 11.5 Å². The number of hydrogen-bond donors (Lipinski definition) is 2. The number of fused-ring (bicyclic) bond motifs is 1. The zero-order chi connectivity index (χ0) is 18.4. The Hall–Kier alpha value is -3.34. The van der Waals surface area contributed by atoms with Crippen LogP contribution in [0.4, 0.5) is 11.4 Å². The first kappa shape index (κ1) is 16.1. The molecule has 26 heavy (non-hydrogen) atoms. The first-order valence-electron chi connectivity index (χ1n) is 8.44. The molecule has 0 radical (unpaired) electrons. The van der Waals surface area contributed by atoms with Crippen molar-refractivity contribution in [2.24, 2.45) is 0 Å². The van der Waals surface area contributed by atoms with E-state index in [2.05, 4.69) is 35.3 Å². The maximum absolute atomic E-state index is 6.39. The van der Waals surface area contributed by atoms with Gasteiger partial charge >= 0.3 is 0 Å². The fraction of sp³-hybridized carbons (Fsp3) is 0.143. The van der Waals surface area contributed by atoms with Gasteiger partial charge in [-0.25, -0.2) is 0 Å². The van der Waals surface area contributed by atoms with Gasteiger partial charge in [0, 0.05) is 22.7 Å². The van der Waals surface area contributed by atoms with Gasteiger partial charge in [0.15, 0.2) is 0 Å². The van der Waals surface area contributed by atoms with Crippen molar-refractivity contribution in [3.63, 3.8) is 0 Å². The van der Waals surface area contributed by atoms with Gasteiger partial charge in [-0.2, -0.15) is 0 Å². The number of anilines is 2. The monoisotopic (exact) mass is 344 g/mol. The molecule has 4 rings (SSSR count). The highest BCUT2D eigenvalue weighted by Gasteiger charge is 2.18. The minimum absolute atomic E-state index is 0.540. The molecule has 0 bridgehead atoms. The van der Waals surface area contributed by atoms with Crippen LogP contribution in [0.25, 0.3) is 33.2 Å². The van der Waals surface area contributed by atoms with Crippen LogP contribution in [0.5, 0.6) is 0 Å². The van der Waals surface area contributed by atoms with Crippen LogP contribution in [0.15, 0.2) is 47.1 Å². The molecule has 0 aliphatic rings. The smallest absolute Gasteiger partial charge is 0.141 e. The Morgan fingerprint density at radius 1 is 0.962 bits per heavy atom. The van der Waals surface area contributed by atoms with Crippen LogP contribution in [0.1, 0.15) is 17.0 Å². The molecule has 0 saturated heterocycles. The lowest BCUT2D eigenvalue weighted by molar-refractivity contribution is 0.393. The third kappa shape index (κ3) is 2.40. The zero-order valence-electron chi connectivity index (χ0n) is 15.0. The van der Waals surface area contributed by atoms with Gasteiger partial charge in [-0.3, -0.25) is 4.98 Å². The molecule has 2 aromatic heterocycles. The molecular formula is C21H20N4O. The van der Waals surface area contributed by atoms with Crippen molar-refractivity contribution in [3.05, 3.63) is 59.6 Å². The van der Waals surface area contributed by atoms with E-state index in [1.807, 2.05) is 32.0 Å².